The first-order valence-electron chi connectivity index (χ1n) is 11.3. The molecule has 0 amide bonds. The second-order valence-electron chi connectivity index (χ2n) is 11.2. The zero-order valence-electron chi connectivity index (χ0n) is 20.3. The minimum atomic E-state index is -2.11. The van der Waals surface area contributed by atoms with Gasteiger partial charge in [0.1, 0.15) is 0 Å². The highest BCUT2D eigenvalue weighted by atomic mass is 28.3. The lowest BCUT2D eigenvalue weighted by atomic mass is 10.7. The summed E-state index contributed by atoms with van der Waals surface area (Å²) in [7, 11) is -8.43. The van der Waals surface area contributed by atoms with Crippen molar-refractivity contribution in [2.24, 2.45) is 0 Å². The molecule has 8 bridgehead atoms. The third-order valence-corrected chi connectivity index (χ3v) is 19.4. The number of hydrogen-bond donors (Lipinski definition) is 0. The van der Waals surface area contributed by atoms with Gasteiger partial charge in [-0.05, 0) is 48.5 Å². The average molecular weight is 497 g/mol. The van der Waals surface area contributed by atoms with Gasteiger partial charge in [-0.2, -0.15) is 0 Å². The van der Waals surface area contributed by atoms with Gasteiger partial charge in [0, 0.05) is 0 Å². The summed E-state index contributed by atoms with van der Waals surface area (Å²) < 4.78 is 26.3. The summed E-state index contributed by atoms with van der Waals surface area (Å²) in [6.07, 6.45) is 0. The topological polar surface area (TPSA) is 52.6 Å². The Balaban J connectivity index is 1.76. The van der Waals surface area contributed by atoms with E-state index in [1.165, 1.54) is 0 Å². The van der Waals surface area contributed by atoms with Gasteiger partial charge in [-0.15, -0.1) is 0 Å². The predicted octanol–water partition coefficient (Wildman–Crippen LogP) is 1.66. The quantitative estimate of drug-likeness (QED) is 0.348. The summed E-state index contributed by atoms with van der Waals surface area (Å²) in [6.45, 7) is 18.4. The fourth-order valence-electron chi connectivity index (χ4n) is 4.52. The number of furan rings is 4. The van der Waals surface area contributed by atoms with Crippen molar-refractivity contribution in [1.29, 1.82) is 0 Å². The summed E-state index contributed by atoms with van der Waals surface area (Å²) in [6, 6.07) is 17.3. The second-order valence-corrected chi connectivity index (χ2v) is 28.1. The molecular formula is C24H32O4Si4. The fourth-order valence-corrected chi connectivity index (χ4v) is 12.8. The van der Waals surface area contributed by atoms with Crippen molar-refractivity contribution in [1.82, 2.24) is 0 Å². The third-order valence-electron chi connectivity index (χ3n) is 7.35. The van der Waals surface area contributed by atoms with Gasteiger partial charge in [-0.1, -0.05) is 52.4 Å². The van der Waals surface area contributed by atoms with Crippen LogP contribution < -0.4 is 43.1 Å². The Kier molecular flexibility index (Phi) is 4.60. The van der Waals surface area contributed by atoms with Crippen LogP contribution in [0.1, 0.15) is 0 Å². The summed E-state index contributed by atoms with van der Waals surface area (Å²) in [5.41, 5.74) is 0. The fraction of sp³-hybridized carbons (Fsp3) is 0.333. The van der Waals surface area contributed by atoms with E-state index in [1.54, 1.807) is 0 Å². The van der Waals surface area contributed by atoms with Crippen molar-refractivity contribution in [3.8, 4) is 0 Å². The maximum atomic E-state index is 6.59. The van der Waals surface area contributed by atoms with E-state index in [0.29, 0.717) is 0 Å². The largest absolute Gasteiger partial charge is 0.475 e. The molecular weight excluding hydrogens is 465 g/mol. The predicted molar refractivity (Wildman–Crippen MR) is 142 cm³/mol. The van der Waals surface area contributed by atoms with E-state index in [9.17, 15) is 0 Å². The van der Waals surface area contributed by atoms with Crippen LogP contribution in [0.2, 0.25) is 52.4 Å². The molecule has 0 radical (unpaired) electrons. The molecule has 1 aliphatic heterocycles. The Morgan fingerprint density at radius 2 is 0.438 bits per heavy atom. The number of hydrogen-bond acceptors (Lipinski definition) is 4. The van der Waals surface area contributed by atoms with E-state index >= 15 is 0 Å². The monoisotopic (exact) mass is 496 g/mol. The van der Waals surface area contributed by atoms with Crippen molar-refractivity contribution in [3.05, 3.63) is 48.5 Å². The first-order valence-corrected chi connectivity index (χ1v) is 23.3. The molecule has 0 aliphatic carbocycles. The summed E-state index contributed by atoms with van der Waals surface area (Å²) >= 11 is 0. The van der Waals surface area contributed by atoms with Gasteiger partial charge in [0.15, 0.2) is 0 Å². The van der Waals surface area contributed by atoms with Gasteiger partial charge >= 0.3 is 0 Å². The highest BCUT2D eigenvalue weighted by Gasteiger charge is 2.43. The first kappa shape index (κ1) is 21.8. The molecule has 5 heterocycles. The van der Waals surface area contributed by atoms with Crippen LogP contribution in [0.4, 0.5) is 0 Å². The molecule has 0 unspecified atom stereocenters. The molecule has 32 heavy (non-hydrogen) atoms. The average Bonchev–Trinajstić information content (AvgIpc) is 3.53. The Morgan fingerprint density at radius 1 is 0.312 bits per heavy atom. The molecule has 8 heteroatoms. The van der Waals surface area contributed by atoms with E-state index in [1.807, 2.05) is 0 Å². The van der Waals surface area contributed by atoms with E-state index in [-0.39, 0.29) is 0 Å². The Morgan fingerprint density at radius 3 is 0.562 bits per heavy atom. The van der Waals surface area contributed by atoms with Gasteiger partial charge in [0.2, 0.25) is 32.3 Å². The van der Waals surface area contributed by atoms with Crippen molar-refractivity contribution < 1.29 is 17.7 Å². The van der Waals surface area contributed by atoms with Crippen LogP contribution in [0.15, 0.2) is 66.2 Å². The highest BCUT2D eigenvalue weighted by molar-refractivity contribution is 7.03. The first-order chi connectivity index (χ1) is 14.8. The van der Waals surface area contributed by atoms with Gasteiger partial charge < -0.3 is 17.7 Å². The van der Waals surface area contributed by atoms with Crippen LogP contribution in [0.25, 0.3) is 0 Å². The molecule has 0 aromatic carbocycles. The van der Waals surface area contributed by atoms with Crippen molar-refractivity contribution >= 4 is 75.4 Å². The van der Waals surface area contributed by atoms with Gasteiger partial charge in [-0.3, -0.25) is 0 Å². The number of fused-ring (bicyclic) bond motifs is 8. The third kappa shape index (κ3) is 3.03. The zero-order valence-corrected chi connectivity index (χ0v) is 24.3. The lowest BCUT2D eigenvalue weighted by Gasteiger charge is -2.22. The molecule has 0 N–H and O–H groups in total. The van der Waals surface area contributed by atoms with E-state index in [4.69, 9.17) is 17.7 Å². The van der Waals surface area contributed by atoms with Gasteiger partial charge in [-0.25, -0.2) is 0 Å². The standard InChI is InChI=1S/C24H32O4Si4/c1-29(2)17-9-11-19(25-17)30(3,4)21-13-15-23(27-21)32(7,8)24-16-14-22(28-24)31(5,6)20-12-10-18(29)26-20/h9-16H,1-8H3. The molecule has 4 aromatic rings. The maximum Gasteiger partial charge on any atom is 0.200 e. The van der Waals surface area contributed by atoms with Crippen LogP contribution in [0.3, 0.4) is 0 Å². The molecule has 0 fully saturated rings. The molecule has 4 nitrogen and oxygen atoms in total. The molecule has 168 valence electrons. The molecule has 1 aliphatic rings. The Hall–Kier alpha value is -2.01. The Labute approximate surface area is 193 Å². The van der Waals surface area contributed by atoms with Crippen molar-refractivity contribution in [2.45, 2.75) is 52.4 Å². The Bertz CT molecular complexity index is 1020. The van der Waals surface area contributed by atoms with Crippen LogP contribution in [-0.4, -0.2) is 32.3 Å². The molecule has 0 atom stereocenters. The molecule has 0 saturated carbocycles. The van der Waals surface area contributed by atoms with E-state index in [0.717, 1.165) is 43.1 Å². The lowest BCUT2D eigenvalue weighted by Crippen LogP contribution is -2.57. The maximum absolute atomic E-state index is 6.59. The van der Waals surface area contributed by atoms with Gasteiger partial charge in [0.05, 0.1) is 43.1 Å². The second kappa shape index (κ2) is 6.75. The lowest BCUT2D eigenvalue weighted by molar-refractivity contribution is 0.601. The molecule has 0 saturated heterocycles. The summed E-state index contributed by atoms with van der Waals surface area (Å²) in [4.78, 5) is 0. The van der Waals surface area contributed by atoms with Crippen LogP contribution in [0.5, 0.6) is 0 Å². The normalized spacial score (nSPS) is 20.2. The van der Waals surface area contributed by atoms with Crippen LogP contribution >= 0.6 is 0 Å². The smallest absolute Gasteiger partial charge is 0.200 e. The van der Waals surface area contributed by atoms with Gasteiger partial charge in [0.25, 0.3) is 0 Å². The minimum Gasteiger partial charge on any atom is -0.475 e. The molecule has 4 aromatic heterocycles. The molecule has 5 rings (SSSR count). The van der Waals surface area contributed by atoms with E-state index < -0.39 is 32.3 Å². The van der Waals surface area contributed by atoms with E-state index in [2.05, 4.69) is 101 Å². The van der Waals surface area contributed by atoms with Crippen LogP contribution in [-0.2, 0) is 0 Å². The molecule has 0 spiro atoms. The van der Waals surface area contributed by atoms with Crippen molar-refractivity contribution in [2.75, 3.05) is 0 Å². The van der Waals surface area contributed by atoms with Crippen LogP contribution in [0, 0.1) is 0 Å². The van der Waals surface area contributed by atoms with Crippen molar-refractivity contribution in [3.63, 3.8) is 0 Å². The number of rotatable bonds is 0. The zero-order chi connectivity index (χ0) is 23.1. The minimum absolute atomic E-state index is 1.06. The summed E-state index contributed by atoms with van der Waals surface area (Å²) in [5, 5.41) is 8.46. The SMILES string of the molecule is C[Si]1(C)c2ccc(o2)[Si](C)(C)c2ccc(o2)[Si](C)(C)c2ccc(o2)[Si](C)(C)c2ccc1o2. The summed E-state index contributed by atoms with van der Waals surface area (Å²) in [5.74, 6) is 0. The highest BCUT2D eigenvalue weighted by Crippen LogP contribution is 2.14.